The van der Waals surface area contributed by atoms with Gasteiger partial charge in [-0.1, -0.05) is 48.5 Å². The summed E-state index contributed by atoms with van der Waals surface area (Å²) in [6.07, 6.45) is 10.0. The second-order valence-electron chi connectivity index (χ2n) is 5.13. The zero-order chi connectivity index (χ0) is 19.6. The Morgan fingerprint density at radius 3 is 1.30 bits per heavy atom. The van der Waals surface area contributed by atoms with Gasteiger partial charge in [0.15, 0.2) is 0 Å². The van der Waals surface area contributed by atoms with E-state index in [0.717, 1.165) is 12.2 Å². The molecule has 0 saturated heterocycles. The molecule has 27 heavy (non-hydrogen) atoms. The van der Waals surface area contributed by atoms with E-state index < -0.39 is 7.81 Å². The van der Waals surface area contributed by atoms with Crippen molar-refractivity contribution in [1.82, 2.24) is 0 Å². The Balaban J connectivity index is 0.000000437. The van der Waals surface area contributed by atoms with Crippen LogP contribution in [0.4, 0.5) is 30.9 Å². The molecule has 1 nitrogen and oxygen atoms in total. The Hall–Kier alpha value is -1.23. The molecule has 1 N–H and O–H groups in total. The molecule has 1 aliphatic carbocycles. The number of anilines is 1. The van der Waals surface area contributed by atoms with Crippen molar-refractivity contribution < 1.29 is 42.3 Å². The van der Waals surface area contributed by atoms with Crippen molar-refractivity contribution in [2.24, 2.45) is 0 Å². The van der Waals surface area contributed by atoms with E-state index in [1.165, 1.54) is 5.56 Å². The third kappa shape index (κ3) is 20.9. The van der Waals surface area contributed by atoms with Crippen molar-refractivity contribution in [1.29, 1.82) is 0 Å². The van der Waals surface area contributed by atoms with Gasteiger partial charge in [0, 0.05) is 12.2 Å². The van der Waals surface area contributed by atoms with Crippen molar-refractivity contribution in [2.75, 3.05) is 5.32 Å². The van der Waals surface area contributed by atoms with Crippen LogP contribution in [0.5, 0.6) is 0 Å². The molecule has 0 aromatic heterocycles. The minimum atomic E-state index is -10.7. The smallest absolute Gasteiger partial charge is 0.381 e. The van der Waals surface area contributed by atoms with Crippen LogP contribution in [0.15, 0.2) is 60.7 Å². The van der Waals surface area contributed by atoms with E-state index in [4.69, 9.17) is 0 Å². The van der Waals surface area contributed by atoms with Crippen molar-refractivity contribution in [2.45, 2.75) is 6.54 Å². The SMILES string of the molecule is F[P-](F)(F)(F)(F)F.[CH]1[CH][CH][CH][CH]1.[Fe+2].c1ccc(CNc2ccccc2)cc1. The maximum absolute atomic E-state index is 10.7. The van der Waals surface area contributed by atoms with Gasteiger partial charge in [0.2, 0.25) is 0 Å². The van der Waals surface area contributed by atoms with Crippen LogP contribution in [-0.4, -0.2) is 0 Å². The summed E-state index contributed by atoms with van der Waals surface area (Å²) in [6, 6.07) is 20.6. The molecule has 1 aliphatic rings. The summed E-state index contributed by atoms with van der Waals surface area (Å²) in [5.74, 6) is 0. The van der Waals surface area contributed by atoms with E-state index in [0.29, 0.717) is 0 Å². The van der Waals surface area contributed by atoms with E-state index in [-0.39, 0.29) is 17.1 Å². The van der Waals surface area contributed by atoms with Crippen LogP contribution in [0, 0.1) is 32.1 Å². The average molecular weight is 449 g/mol. The van der Waals surface area contributed by atoms with E-state index in [2.05, 4.69) is 41.7 Å². The van der Waals surface area contributed by atoms with Crippen LogP contribution >= 0.6 is 7.81 Å². The first kappa shape index (κ1) is 25.8. The minimum absolute atomic E-state index is 0. The van der Waals surface area contributed by atoms with Crippen LogP contribution in [0.25, 0.3) is 0 Å². The number of nitrogens with one attached hydrogen (secondary N) is 1. The summed E-state index contributed by atoms with van der Waals surface area (Å²) in [5.41, 5.74) is 2.47. The zero-order valence-corrected chi connectivity index (χ0v) is 15.9. The predicted molar refractivity (Wildman–Crippen MR) is 95.3 cm³/mol. The van der Waals surface area contributed by atoms with Crippen LogP contribution in [0.3, 0.4) is 0 Å². The zero-order valence-electron chi connectivity index (χ0n) is 13.9. The van der Waals surface area contributed by atoms with Gasteiger partial charge >= 0.3 is 50.1 Å². The standard InChI is InChI=1S/C13H13N.C5H5.F6P.Fe/c1-3-7-12(8-4-1)11-14-13-9-5-2-6-10-13;1-2-4-5-3-1;1-7(2,3,4,5)6;/h1-10,14H,11H2;1-5H;;/q;;-1;+2. The summed E-state index contributed by atoms with van der Waals surface area (Å²) in [6.45, 7) is 0.880. The molecule has 1 saturated carbocycles. The van der Waals surface area contributed by atoms with Gasteiger partial charge in [0.1, 0.15) is 0 Å². The monoisotopic (exact) mass is 449 g/mol. The fraction of sp³-hybridized carbons (Fsp3) is 0.0556. The molecular formula is C18H18F6FeNP+. The van der Waals surface area contributed by atoms with Crippen LogP contribution in [-0.2, 0) is 23.6 Å². The topological polar surface area (TPSA) is 12.0 Å². The molecule has 3 rings (SSSR count). The molecule has 0 spiro atoms. The van der Waals surface area contributed by atoms with Crippen molar-refractivity contribution >= 4 is 13.5 Å². The van der Waals surface area contributed by atoms with Crippen LogP contribution < -0.4 is 5.32 Å². The molecular weight excluding hydrogens is 431 g/mol. The molecule has 0 unspecified atom stereocenters. The molecule has 9 heteroatoms. The fourth-order valence-corrected chi connectivity index (χ4v) is 1.68. The van der Waals surface area contributed by atoms with Gasteiger partial charge in [-0.2, -0.15) is 0 Å². The van der Waals surface area contributed by atoms with E-state index in [1.54, 1.807) is 0 Å². The van der Waals surface area contributed by atoms with Gasteiger partial charge in [-0.25, -0.2) is 0 Å². The maximum Gasteiger partial charge on any atom is 2.00 e. The Morgan fingerprint density at radius 2 is 0.926 bits per heavy atom. The molecule has 0 aliphatic heterocycles. The Labute approximate surface area is 166 Å². The van der Waals surface area contributed by atoms with Gasteiger partial charge in [-0.15, -0.1) is 0 Å². The molecule has 2 aromatic rings. The van der Waals surface area contributed by atoms with Crippen molar-refractivity contribution in [3.8, 4) is 0 Å². The molecule has 149 valence electrons. The summed E-state index contributed by atoms with van der Waals surface area (Å²) in [5, 5.41) is 3.36. The van der Waals surface area contributed by atoms with Gasteiger partial charge < -0.3 is 5.32 Å². The molecule has 0 amide bonds. The van der Waals surface area contributed by atoms with Gasteiger partial charge in [0.05, 0.1) is 0 Å². The number of hydrogen-bond donors (Lipinski definition) is 1. The Kier molecular flexibility index (Phi) is 9.88. The second kappa shape index (κ2) is 10.4. The molecule has 5 radical (unpaired) electrons. The predicted octanol–water partition coefficient (Wildman–Crippen LogP) is 7.70. The third-order valence-electron chi connectivity index (χ3n) is 2.67. The van der Waals surface area contributed by atoms with Crippen LogP contribution in [0.2, 0.25) is 0 Å². The number of hydrogen-bond acceptors (Lipinski definition) is 1. The average Bonchev–Trinajstić information content (AvgIpc) is 3.12. The first-order valence-corrected chi connectivity index (χ1v) is 9.49. The number of para-hydroxylation sites is 1. The Morgan fingerprint density at radius 1 is 0.593 bits per heavy atom. The molecule has 1 fully saturated rings. The summed E-state index contributed by atoms with van der Waals surface area (Å²) < 4.78 is 59.2. The summed E-state index contributed by atoms with van der Waals surface area (Å²) in [7, 11) is -10.7. The largest absolute Gasteiger partial charge is 2.00 e. The quantitative estimate of drug-likeness (QED) is 0.288. The van der Waals surface area contributed by atoms with Gasteiger partial charge in [-0.05, 0) is 49.8 Å². The summed E-state index contributed by atoms with van der Waals surface area (Å²) in [4.78, 5) is 0. The van der Waals surface area contributed by atoms with E-state index >= 15 is 0 Å². The fourth-order valence-electron chi connectivity index (χ4n) is 1.68. The third-order valence-corrected chi connectivity index (χ3v) is 2.67. The van der Waals surface area contributed by atoms with E-state index in [9.17, 15) is 25.2 Å². The minimum Gasteiger partial charge on any atom is -0.381 e. The number of rotatable bonds is 3. The van der Waals surface area contributed by atoms with Crippen molar-refractivity contribution in [3.63, 3.8) is 0 Å². The Bertz CT molecular complexity index is 572. The van der Waals surface area contributed by atoms with Gasteiger partial charge in [-0.3, -0.25) is 0 Å². The first-order chi connectivity index (χ1) is 11.9. The maximum atomic E-state index is 9.87. The first-order valence-electron chi connectivity index (χ1n) is 7.46. The molecule has 0 heterocycles. The normalized spacial score (nSPS) is 15.5. The van der Waals surface area contributed by atoms with E-state index in [1.807, 2.05) is 56.4 Å². The van der Waals surface area contributed by atoms with Crippen molar-refractivity contribution in [3.05, 3.63) is 98.3 Å². The number of benzene rings is 2. The second-order valence-corrected chi connectivity index (χ2v) is 7.04. The molecule has 0 bridgehead atoms. The summed E-state index contributed by atoms with van der Waals surface area (Å²) >= 11 is 0. The molecule has 2 aromatic carbocycles. The van der Waals surface area contributed by atoms with Gasteiger partial charge in [0.25, 0.3) is 0 Å². The molecule has 0 atom stereocenters. The van der Waals surface area contributed by atoms with Crippen LogP contribution in [0.1, 0.15) is 5.56 Å². The number of halogens is 6.